The van der Waals surface area contributed by atoms with E-state index in [1.165, 1.54) is 0 Å². The van der Waals surface area contributed by atoms with Crippen LogP contribution in [0, 0.1) is 0 Å². The van der Waals surface area contributed by atoms with E-state index >= 15 is 9.13 Å². The zero-order valence-electron chi connectivity index (χ0n) is 24.4. The monoisotopic (exact) mass is 636 g/mol. The first-order valence-electron chi connectivity index (χ1n) is 14.8. The van der Waals surface area contributed by atoms with Crippen molar-refractivity contribution >= 4 is 57.1 Å². The predicted octanol–water partition coefficient (Wildman–Crippen LogP) is 6.81. The van der Waals surface area contributed by atoms with Crippen molar-refractivity contribution in [3.8, 4) is 23.3 Å². The summed E-state index contributed by atoms with van der Waals surface area (Å²) in [5.41, 5.74) is 1.31. The van der Waals surface area contributed by atoms with Gasteiger partial charge < -0.3 is 18.6 Å². The van der Waals surface area contributed by atoms with Gasteiger partial charge in [0.2, 0.25) is 0 Å². The number of para-hydroxylation sites is 2. The summed E-state index contributed by atoms with van der Waals surface area (Å²) in [6, 6.07) is 48.3. The molecule has 0 N–H and O–H groups in total. The third-order valence-corrected chi connectivity index (χ3v) is 14.5. The Morgan fingerprint density at radius 1 is 0.391 bits per heavy atom. The largest absolute Gasteiger partial charge is 0.431 e. The van der Waals surface area contributed by atoms with E-state index in [2.05, 4.69) is 9.97 Å². The molecule has 0 atom stereocenters. The summed E-state index contributed by atoms with van der Waals surface area (Å²) in [6.45, 7) is 0. The third kappa shape index (κ3) is 4.58. The Labute approximate surface area is 266 Å². The van der Waals surface area contributed by atoms with E-state index in [1.54, 1.807) is 12.1 Å². The smallest absolute Gasteiger partial charge is 0.284 e. The van der Waals surface area contributed by atoms with Crippen LogP contribution in [0.2, 0.25) is 0 Å². The lowest BCUT2D eigenvalue weighted by atomic mass is 10.3. The molecular formula is C38H26N2O4P2. The van der Waals surface area contributed by atoms with Crippen molar-refractivity contribution in [3.05, 3.63) is 158 Å². The van der Waals surface area contributed by atoms with Crippen LogP contribution in [-0.4, -0.2) is 9.97 Å². The lowest BCUT2D eigenvalue weighted by Gasteiger charge is -2.29. The number of benzene rings is 6. The van der Waals surface area contributed by atoms with Crippen molar-refractivity contribution in [2.24, 2.45) is 0 Å². The van der Waals surface area contributed by atoms with Crippen LogP contribution in [0.15, 0.2) is 158 Å². The van der Waals surface area contributed by atoms with Gasteiger partial charge >= 0.3 is 0 Å². The molecule has 0 amide bonds. The van der Waals surface area contributed by atoms with Crippen molar-refractivity contribution < 1.29 is 18.6 Å². The van der Waals surface area contributed by atoms with Gasteiger partial charge in [0.1, 0.15) is 0 Å². The van der Waals surface area contributed by atoms with Gasteiger partial charge in [0.15, 0.2) is 25.8 Å². The molecule has 0 bridgehead atoms. The van der Waals surface area contributed by atoms with Crippen LogP contribution in [0.25, 0.3) is 11.0 Å². The molecule has 0 aliphatic carbocycles. The fourth-order valence-corrected chi connectivity index (χ4v) is 12.2. The van der Waals surface area contributed by atoms with Crippen molar-refractivity contribution in [1.29, 1.82) is 0 Å². The van der Waals surface area contributed by atoms with Crippen LogP contribution < -0.4 is 41.3 Å². The first kappa shape index (κ1) is 28.2. The molecule has 1 aromatic heterocycles. The number of rotatable bonds is 6. The Kier molecular flexibility index (Phi) is 6.91. The quantitative estimate of drug-likeness (QED) is 0.187. The van der Waals surface area contributed by atoms with Crippen LogP contribution in [-0.2, 0) is 9.13 Å². The Morgan fingerprint density at radius 3 is 0.978 bits per heavy atom. The highest BCUT2D eigenvalue weighted by Crippen LogP contribution is 2.52. The Morgan fingerprint density at radius 2 is 0.674 bits per heavy atom. The predicted molar refractivity (Wildman–Crippen MR) is 185 cm³/mol. The highest BCUT2D eigenvalue weighted by Gasteiger charge is 2.42. The molecule has 222 valence electrons. The summed E-state index contributed by atoms with van der Waals surface area (Å²) in [4.78, 5) is 9.31. The average molecular weight is 637 g/mol. The SMILES string of the molecule is O=P(c1ccccc1)(c1ccccc1)c1cc2c(cc1P(=O)(c1ccccc1)c1ccccc1)Oc1nc3ccccc3nc1O2. The maximum Gasteiger partial charge on any atom is 0.284 e. The third-order valence-electron chi connectivity index (χ3n) is 8.12. The zero-order chi connectivity index (χ0) is 31.1. The Hall–Kier alpha value is -5.28. The van der Waals surface area contributed by atoms with E-state index in [4.69, 9.17) is 9.47 Å². The van der Waals surface area contributed by atoms with Crippen LogP contribution in [0.4, 0.5) is 0 Å². The van der Waals surface area contributed by atoms with Crippen molar-refractivity contribution in [2.45, 2.75) is 0 Å². The number of fused-ring (bicyclic) bond motifs is 3. The van der Waals surface area contributed by atoms with Crippen molar-refractivity contribution in [1.82, 2.24) is 9.97 Å². The lowest BCUT2D eigenvalue weighted by molar-refractivity contribution is 0.339. The van der Waals surface area contributed by atoms with Gasteiger partial charge in [-0.2, -0.15) is 0 Å². The van der Waals surface area contributed by atoms with E-state index in [1.807, 2.05) is 146 Å². The normalized spacial score (nSPS) is 12.4. The van der Waals surface area contributed by atoms with Gasteiger partial charge in [0, 0.05) is 31.8 Å². The summed E-state index contributed by atoms with van der Waals surface area (Å²) in [5.74, 6) is 1.04. The van der Waals surface area contributed by atoms with Gasteiger partial charge in [-0.15, -0.1) is 0 Å². The minimum absolute atomic E-state index is 0.202. The second kappa shape index (κ2) is 11.3. The summed E-state index contributed by atoms with van der Waals surface area (Å²) in [5, 5.41) is 3.24. The van der Waals surface area contributed by atoms with Gasteiger partial charge in [-0.05, 0) is 24.3 Å². The first-order chi connectivity index (χ1) is 22.5. The lowest BCUT2D eigenvalue weighted by Crippen LogP contribution is -2.39. The number of nitrogens with zero attached hydrogens (tertiary/aromatic N) is 2. The van der Waals surface area contributed by atoms with E-state index in [9.17, 15) is 0 Å². The van der Waals surface area contributed by atoms with Gasteiger partial charge in [-0.3, -0.25) is 0 Å². The number of hydrogen-bond donors (Lipinski definition) is 0. The minimum atomic E-state index is -3.67. The van der Waals surface area contributed by atoms with Gasteiger partial charge in [0.25, 0.3) is 11.8 Å². The maximum absolute atomic E-state index is 16.0. The molecule has 0 saturated heterocycles. The highest BCUT2D eigenvalue weighted by molar-refractivity contribution is 7.90. The molecule has 6 aromatic carbocycles. The fraction of sp³-hybridized carbons (Fsp3) is 0. The summed E-state index contributed by atoms with van der Waals surface area (Å²) in [7, 11) is -7.33. The molecule has 2 heterocycles. The van der Waals surface area contributed by atoms with Crippen LogP contribution in [0.1, 0.15) is 0 Å². The molecule has 0 unspecified atom stereocenters. The molecule has 1 aliphatic heterocycles. The van der Waals surface area contributed by atoms with Crippen molar-refractivity contribution in [3.63, 3.8) is 0 Å². The summed E-state index contributed by atoms with van der Waals surface area (Å²) in [6.07, 6.45) is 0. The van der Waals surface area contributed by atoms with E-state index in [0.29, 0.717) is 54.4 Å². The summed E-state index contributed by atoms with van der Waals surface area (Å²) < 4.78 is 44.7. The highest BCUT2D eigenvalue weighted by atomic mass is 31.2. The molecule has 0 saturated carbocycles. The standard InChI is InChI=1S/C38H26N2O4P2/c41-45(27-15-5-1-6-16-27,28-17-7-2-8-18-28)35-25-33-34(44-38-37(43-33)39-31-23-13-14-24-32(31)40-38)26-36(35)46(42,29-19-9-3-10-20-29)30-21-11-4-12-22-30/h1-26H. The molecule has 8 rings (SSSR count). The van der Waals surface area contributed by atoms with E-state index in [0.717, 1.165) is 0 Å². The molecule has 0 radical (unpaired) electrons. The molecule has 46 heavy (non-hydrogen) atoms. The van der Waals surface area contributed by atoms with Crippen molar-refractivity contribution in [2.75, 3.05) is 0 Å². The summed E-state index contributed by atoms with van der Waals surface area (Å²) >= 11 is 0. The number of hydrogen-bond acceptors (Lipinski definition) is 6. The van der Waals surface area contributed by atoms with Crippen LogP contribution in [0.5, 0.6) is 23.3 Å². The molecule has 0 spiro atoms. The van der Waals surface area contributed by atoms with E-state index < -0.39 is 14.3 Å². The Bertz CT molecular complexity index is 2070. The number of aromatic nitrogens is 2. The molecule has 6 nitrogen and oxygen atoms in total. The molecule has 1 aliphatic rings. The maximum atomic E-state index is 16.0. The first-order valence-corrected chi connectivity index (χ1v) is 18.2. The van der Waals surface area contributed by atoms with Crippen LogP contribution >= 0.6 is 14.3 Å². The average Bonchev–Trinajstić information content (AvgIpc) is 3.13. The zero-order valence-corrected chi connectivity index (χ0v) is 26.2. The second-order valence-corrected chi connectivity index (χ2v) is 16.3. The number of ether oxygens (including phenoxy) is 2. The molecule has 7 aromatic rings. The topological polar surface area (TPSA) is 78.4 Å². The second-order valence-electron chi connectivity index (χ2n) is 10.9. The molecule has 0 fully saturated rings. The van der Waals surface area contributed by atoms with Gasteiger partial charge in [-0.1, -0.05) is 133 Å². The fourth-order valence-electron chi connectivity index (χ4n) is 5.92. The molecular weight excluding hydrogens is 610 g/mol. The van der Waals surface area contributed by atoms with Crippen LogP contribution in [0.3, 0.4) is 0 Å². The Balaban J connectivity index is 1.46. The molecule has 8 heteroatoms. The van der Waals surface area contributed by atoms with E-state index in [-0.39, 0.29) is 11.8 Å². The minimum Gasteiger partial charge on any atom is -0.431 e. The van der Waals surface area contributed by atoms with Gasteiger partial charge in [-0.25, -0.2) is 9.97 Å². The van der Waals surface area contributed by atoms with Gasteiger partial charge in [0.05, 0.1) is 11.0 Å².